The van der Waals surface area contributed by atoms with Crippen molar-refractivity contribution in [3.05, 3.63) is 22.7 Å². The highest BCUT2D eigenvalue weighted by atomic mass is 79.9. The van der Waals surface area contributed by atoms with E-state index in [-0.39, 0.29) is 5.60 Å². The SMILES string of the molecule is Brc1ccc2c(c1)N=CC1(CC1)O2. The van der Waals surface area contributed by atoms with Crippen LogP contribution >= 0.6 is 15.9 Å². The van der Waals surface area contributed by atoms with Crippen LogP contribution < -0.4 is 4.74 Å². The Kier molecular flexibility index (Phi) is 1.37. The van der Waals surface area contributed by atoms with Gasteiger partial charge in [0.15, 0.2) is 0 Å². The lowest BCUT2D eigenvalue weighted by Crippen LogP contribution is -2.22. The van der Waals surface area contributed by atoms with Gasteiger partial charge in [0.05, 0.1) is 0 Å². The smallest absolute Gasteiger partial charge is 0.146 e. The van der Waals surface area contributed by atoms with Crippen LogP contribution in [-0.4, -0.2) is 11.8 Å². The minimum absolute atomic E-state index is 0.0408. The van der Waals surface area contributed by atoms with Gasteiger partial charge in [0, 0.05) is 10.7 Å². The first-order valence-corrected chi connectivity index (χ1v) is 5.11. The maximum atomic E-state index is 5.82. The maximum Gasteiger partial charge on any atom is 0.146 e. The summed E-state index contributed by atoms with van der Waals surface area (Å²) < 4.78 is 6.86. The molecule has 2 aliphatic rings. The Bertz CT molecular complexity index is 396. The third-order valence-electron chi connectivity index (χ3n) is 2.42. The van der Waals surface area contributed by atoms with Gasteiger partial charge in [-0.05, 0) is 31.0 Å². The number of hydrogen-bond acceptors (Lipinski definition) is 2. The van der Waals surface area contributed by atoms with Gasteiger partial charge < -0.3 is 4.74 Å². The van der Waals surface area contributed by atoms with E-state index in [2.05, 4.69) is 20.9 Å². The van der Waals surface area contributed by atoms with E-state index in [0.29, 0.717) is 0 Å². The van der Waals surface area contributed by atoms with Gasteiger partial charge in [-0.2, -0.15) is 0 Å². The quantitative estimate of drug-likeness (QED) is 0.680. The van der Waals surface area contributed by atoms with E-state index < -0.39 is 0 Å². The number of halogens is 1. The predicted molar refractivity (Wildman–Crippen MR) is 54.9 cm³/mol. The first-order chi connectivity index (χ1) is 6.27. The number of fused-ring (bicyclic) bond motifs is 1. The van der Waals surface area contributed by atoms with Crippen molar-refractivity contribution in [3.8, 4) is 5.75 Å². The van der Waals surface area contributed by atoms with Crippen molar-refractivity contribution < 1.29 is 4.74 Å². The van der Waals surface area contributed by atoms with Crippen LogP contribution in [0.5, 0.6) is 5.75 Å². The second kappa shape index (κ2) is 2.35. The molecule has 1 aromatic rings. The predicted octanol–water partition coefficient (Wildman–Crippen LogP) is 3.08. The second-order valence-electron chi connectivity index (χ2n) is 3.54. The van der Waals surface area contributed by atoms with E-state index in [4.69, 9.17) is 4.74 Å². The number of nitrogens with zero attached hydrogens (tertiary/aromatic N) is 1. The largest absolute Gasteiger partial charge is 0.479 e. The minimum Gasteiger partial charge on any atom is -0.479 e. The van der Waals surface area contributed by atoms with Crippen molar-refractivity contribution in [3.63, 3.8) is 0 Å². The van der Waals surface area contributed by atoms with Gasteiger partial charge in [0.2, 0.25) is 0 Å². The summed E-state index contributed by atoms with van der Waals surface area (Å²) in [5, 5.41) is 0. The molecule has 3 rings (SSSR count). The number of ether oxygens (including phenoxy) is 1. The highest BCUT2D eigenvalue weighted by Gasteiger charge is 2.46. The maximum absolute atomic E-state index is 5.82. The molecule has 13 heavy (non-hydrogen) atoms. The molecular formula is C10H8BrNO. The molecule has 0 bridgehead atoms. The molecule has 1 fully saturated rings. The lowest BCUT2D eigenvalue weighted by Gasteiger charge is -2.19. The lowest BCUT2D eigenvalue weighted by atomic mass is 10.2. The molecule has 2 nitrogen and oxygen atoms in total. The van der Waals surface area contributed by atoms with Crippen LogP contribution in [0, 0.1) is 0 Å². The molecule has 1 aromatic carbocycles. The molecule has 1 spiro atoms. The van der Waals surface area contributed by atoms with Gasteiger partial charge >= 0.3 is 0 Å². The molecule has 1 aliphatic heterocycles. The Hall–Kier alpha value is -0.830. The van der Waals surface area contributed by atoms with Crippen molar-refractivity contribution in [2.75, 3.05) is 0 Å². The summed E-state index contributed by atoms with van der Waals surface area (Å²) in [7, 11) is 0. The molecule has 3 heteroatoms. The summed E-state index contributed by atoms with van der Waals surface area (Å²) in [5.74, 6) is 0.906. The van der Waals surface area contributed by atoms with Gasteiger partial charge in [-0.1, -0.05) is 15.9 Å². The third-order valence-corrected chi connectivity index (χ3v) is 2.91. The van der Waals surface area contributed by atoms with Crippen molar-refractivity contribution in [2.24, 2.45) is 4.99 Å². The Balaban J connectivity index is 2.09. The fourth-order valence-corrected chi connectivity index (χ4v) is 1.81. The summed E-state index contributed by atoms with van der Waals surface area (Å²) in [4.78, 5) is 4.39. The van der Waals surface area contributed by atoms with Gasteiger partial charge in [-0.15, -0.1) is 0 Å². The van der Waals surface area contributed by atoms with Crippen molar-refractivity contribution in [1.82, 2.24) is 0 Å². The normalized spacial score (nSPS) is 21.0. The van der Waals surface area contributed by atoms with Gasteiger partial charge in [0.1, 0.15) is 17.0 Å². The fourth-order valence-electron chi connectivity index (χ4n) is 1.46. The van der Waals surface area contributed by atoms with Crippen molar-refractivity contribution in [1.29, 1.82) is 0 Å². The zero-order valence-corrected chi connectivity index (χ0v) is 8.54. The van der Waals surface area contributed by atoms with Crippen LogP contribution in [0.3, 0.4) is 0 Å². The molecule has 1 aliphatic carbocycles. The summed E-state index contributed by atoms with van der Waals surface area (Å²) >= 11 is 3.41. The topological polar surface area (TPSA) is 21.6 Å². The number of benzene rings is 1. The number of rotatable bonds is 0. The Labute approximate surface area is 84.8 Å². The van der Waals surface area contributed by atoms with Crippen LogP contribution in [0.25, 0.3) is 0 Å². The van der Waals surface area contributed by atoms with E-state index >= 15 is 0 Å². The molecular weight excluding hydrogens is 230 g/mol. The van der Waals surface area contributed by atoms with Gasteiger partial charge in [-0.25, -0.2) is 0 Å². The molecule has 0 N–H and O–H groups in total. The van der Waals surface area contributed by atoms with Crippen LogP contribution in [0.2, 0.25) is 0 Å². The van der Waals surface area contributed by atoms with Gasteiger partial charge in [0.25, 0.3) is 0 Å². The molecule has 0 amide bonds. The van der Waals surface area contributed by atoms with E-state index in [0.717, 1.165) is 28.8 Å². The summed E-state index contributed by atoms with van der Waals surface area (Å²) in [5.41, 5.74) is 0.882. The molecule has 0 unspecified atom stereocenters. The molecule has 1 heterocycles. The summed E-state index contributed by atoms with van der Waals surface area (Å²) in [6, 6.07) is 5.92. The summed E-state index contributed by atoms with van der Waals surface area (Å²) in [6.07, 6.45) is 4.14. The van der Waals surface area contributed by atoms with Crippen LogP contribution in [0.15, 0.2) is 27.7 Å². The first-order valence-electron chi connectivity index (χ1n) is 4.31. The highest BCUT2D eigenvalue weighted by molar-refractivity contribution is 9.10. The number of aliphatic imine (C=N–C) groups is 1. The monoisotopic (exact) mass is 237 g/mol. The van der Waals surface area contributed by atoms with Crippen LogP contribution in [0.1, 0.15) is 12.8 Å². The summed E-state index contributed by atoms with van der Waals surface area (Å²) in [6.45, 7) is 0. The highest BCUT2D eigenvalue weighted by Crippen LogP contribution is 2.45. The molecule has 0 radical (unpaired) electrons. The molecule has 0 saturated heterocycles. The average Bonchev–Trinajstić information content (AvgIpc) is 2.87. The fraction of sp³-hybridized carbons (Fsp3) is 0.300. The van der Waals surface area contributed by atoms with E-state index in [1.807, 2.05) is 24.4 Å². The third kappa shape index (κ3) is 1.18. The average molecular weight is 238 g/mol. The minimum atomic E-state index is -0.0408. The Morgan fingerprint density at radius 2 is 2.23 bits per heavy atom. The molecule has 0 aromatic heterocycles. The van der Waals surface area contributed by atoms with Crippen LogP contribution in [-0.2, 0) is 0 Å². The zero-order valence-electron chi connectivity index (χ0n) is 6.96. The second-order valence-corrected chi connectivity index (χ2v) is 4.45. The van der Waals surface area contributed by atoms with Crippen molar-refractivity contribution >= 4 is 27.8 Å². The van der Waals surface area contributed by atoms with Crippen molar-refractivity contribution in [2.45, 2.75) is 18.4 Å². The zero-order chi connectivity index (χ0) is 8.89. The Morgan fingerprint density at radius 3 is 3.00 bits per heavy atom. The van der Waals surface area contributed by atoms with E-state index in [1.54, 1.807) is 0 Å². The standard InChI is InChI=1S/C10H8BrNO/c11-7-1-2-9-8(5-7)12-6-10(13-9)3-4-10/h1-2,5-6H,3-4H2. The first kappa shape index (κ1) is 7.56. The Morgan fingerprint density at radius 1 is 1.38 bits per heavy atom. The van der Waals surface area contributed by atoms with Gasteiger partial charge in [-0.3, -0.25) is 4.99 Å². The van der Waals surface area contributed by atoms with E-state index in [9.17, 15) is 0 Å². The van der Waals surface area contributed by atoms with Crippen LogP contribution in [0.4, 0.5) is 5.69 Å². The molecule has 1 saturated carbocycles. The number of hydrogen-bond donors (Lipinski definition) is 0. The molecule has 0 atom stereocenters. The molecule has 66 valence electrons. The van der Waals surface area contributed by atoms with E-state index in [1.165, 1.54) is 0 Å². The lowest BCUT2D eigenvalue weighted by molar-refractivity contribution is 0.250.